The molecule has 0 atom stereocenters. The quantitative estimate of drug-likeness (QED) is 0.848. The van der Waals surface area contributed by atoms with Crippen molar-refractivity contribution < 1.29 is 4.74 Å². The minimum Gasteiger partial charge on any atom is -0.496 e. The Bertz CT molecular complexity index is 533. The van der Waals surface area contributed by atoms with E-state index in [-0.39, 0.29) is 5.56 Å². The van der Waals surface area contributed by atoms with Crippen LogP contribution in [0.4, 0.5) is 0 Å². The first-order valence-corrected chi connectivity index (χ1v) is 4.86. The Kier molecular flexibility index (Phi) is 2.29. The maximum absolute atomic E-state index is 11.5. The van der Waals surface area contributed by atoms with Crippen molar-refractivity contribution in [1.82, 2.24) is 4.98 Å². The highest BCUT2D eigenvalue weighted by Gasteiger charge is 2.05. The molecule has 0 fully saturated rings. The summed E-state index contributed by atoms with van der Waals surface area (Å²) < 4.78 is 6.01. The first kappa shape index (κ1) is 9.27. The summed E-state index contributed by atoms with van der Waals surface area (Å²) in [5.41, 5.74) is -0.109. The molecule has 0 aliphatic rings. The van der Waals surface area contributed by atoms with E-state index in [1.54, 1.807) is 19.4 Å². The van der Waals surface area contributed by atoms with E-state index >= 15 is 0 Å². The zero-order valence-corrected chi connectivity index (χ0v) is 9.09. The first-order valence-electron chi connectivity index (χ1n) is 4.07. The average molecular weight is 254 g/mol. The van der Waals surface area contributed by atoms with E-state index in [0.717, 1.165) is 9.86 Å². The summed E-state index contributed by atoms with van der Waals surface area (Å²) in [6.07, 6.45) is 1.61. The Morgan fingerprint density at radius 1 is 1.36 bits per heavy atom. The van der Waals surface area contributed by atoms with Crippen LogP contribution in [0.5, 0.6) is 5.75 Å². The molecule has 2 rings (SSSR count). The van der Waals surface area contributed by atoms with Crippen LogP contribution in [0.2, 0.25) is 0 Å². The summed E-state index contributed by atoms with van der Waals surface area (Å²) in [7, 11) is 1.59. The summed E-state index contributed by atoms with van der Waals surface area (Å²) in [6.45, 7) is 0. The standard InChI is InChI=1S/C10H8BrNO2/c1-14-9-5-6(11)4-8-7(9)2-3-12-10(8)13/h2-5H,1H3,(H,12,13). The van der Waals surface area contributed by atoms with E-state index < -0.39 is 0 Å². The number of halogens is 1. The Balaban J connectivity index is 2.95. The monoisotopic (exact) mass is 253 g/mol. The number of hydrogen-bond donors (Lipinski definition) is 1. The molecule has 0 aliphatic carbocycles. The number of benzene rings is 1. The molecule has 1 aromatic carbocycles. The van der Waals surface area contributed by atoms with Gasteiger partial charge in [0.1, 0.15) is 5.75 Å². The smallest absolute Gasteiger partial charge is 0.255 e. The fourth-order valence-corrected chi connectivity index (χ4v) is 1.84. The molecule has 1 N–H and O–H groups in total. The van der Waals surface area contributed by atoms with Gasteiger partial charge in [0, 0.05) is 16.1 Å². The van der Waals surface area contributed by atoms with Crippen LogP contribution in [0, 0.1) is 0 Å². The third kappa shape index (κ3) is 1.42. The summed E-state index contributed by atoms with van der Waals surface area (Å²) in [6, 6.07) is 5.43. The summed E-state index contributed by atoms with van der Waals surface area (Å²) in [5.74, 6) is 0.695. The van der Waals surface area contributed by atoms with Crippen LogP contribution >= 0.6 is 15.9 Å². The van der Waals surface area contributed by atoms with E-state index in [1.165, 1.54) is 0 Å². The van der Waals surface area contributed by atoms with Crippen LogP contribution in [0.15, 0.2) is 33.7 Å². The van der Waals surface area contributed by atoms with Gasteiger partial charge < -0.3 is 9.72 Å². The molecule has 2 aromatic rings. The minimum atomic E-state index is -0.109. The van der Waals surface area contributed by atoms with Gasteiger partial charge in [-0.15, -0.1) is 0 Å². The molecule has 72 valence electrons. The highest BCUT2D eigenvalue weighted by atomic mass is 79.9. The lowest BCUT2D eigenvalue weighted by Gasteiger charge is -2.04. The van der Waals surface area contributed by atoms with Crippen molar-refractivity contribution in [2.75, 3.05) is 7.11 Å². The molecule has 1 aromatic heterocycles. The number of methoxy groups -OCH3 is 1. The predicted molar refractivity (Wildman–Crippen MR) is 58.8 cm³/mol. The number of nitrogens with one attached hydrogen (secondary N) is 1. The number of aromatic nitrogens is 1. The van der Waals surface area contributed by atoms with E-state index in [1.807, 2.05) is 12.1 Å². The topological polar surface area (TPSA) is 42.1 Å². The largest absolute Gasteiger partial charge is 0.496 e. The summed E-state index contributed by atoms with van der Waals surface area (Å²) in [5, 5.41) is 1.44. The number of hydrogen-bond acceptors (Lipinski definition) is 2. The van der Waals surface area contributed by atoms with Crippen LogP contribution in [0.1, 0.15) is 0 Å². The van der Waals surface area contributed by atoms with Crippen molar-refractivity contribution in [2.45, 2.75) is 0 Å². The molecule has 0 saturated carbocycles. The second kappa shape index (κ2) is 3.46. The summed E-state index contributed by atoms with van der Waals surface area (Å²) >= 11 is 3.33. The van der Waals surface area contributed by atoms with Gasteiger partial charge in [0.05, 0.1) is 12.5 Å². The Morgan fingerprint density at radius 3 is 2.86 bits per heavy atom. The molecule has 0 amide bonds. The molecular weight excluding hydrogens is 246 g/mol. The molecule has 4 heteroatoms. The van der Waals surface area contributed by atoms with Crippen LogP contribution in [-0.4, -0.2) is 12.1 Å². The molecule has 0 radical (unpaired) electrons. The van der Waals surface area contributed by atoms with Gasteiger partial charge in [0.25, 0.3) is 5.56 Å². The van der Waals surface area contributed by atoms with Crippen molar-refractivity contribution in [3.05, 3.63) is 39.2 Å². The lowest BCUT2D eigenvalue weighted by atomic mass is 10.1. The van der Waals surface area contributed by atoms with Crippen LogP contribution in [0.3, 0.4) is 0 Å². The molecular formula is C10H8BrNO2. The van der Waals surface area contributed by atoms with Crippen LogP contribution in [0.25, 0.3) is 10.8 Å². The number of pyridine rings is 1. The van der Waals surface area contributed by atoms with E-state index in [9.17, 15) is 4.79 Å². The number of H-pyrrole nitrogens is 1. The molecule has 0 saturated heterocycles. The predicted octanol–water partition coefficient (Wildman–Crippen LogP) is 2.30. The van der Waals surface area contributed by atoms with E-state index in [2.05, 4.69) is 20.9 Å². The van der Waals surface area contributed by atoms with E-state index in [0.29, 0.717) is 11.1 Å². The van der Waals surface area contributed by atoms with E-state index in [4.69, 9.17) is 4.74 Å². The molecule has 0 bridgehead atoms. The SMILES string of the molecule is COc1cc(Br)cc2c(=O)[nH]ccc12. The average Bonchev–Trinajstić information content (AvgIpc) is 2.18. The van der Waals surface area contributed by atoms with Crippen molar-refractivity contribution in [2.24, 2.45) is 0 Å². The van der Waals surface area contributed by atoms with Gasteiger partial charge in [-0.25, -0.2) is 0 Å². The maximum atomic E-state index is 11.5. The lowest BCUT2D eigenvalue weighted by molar-refractivity contribution is 0.419. The number of aromatic amines is 1. The zero-order valence-electron chi connectivity index (χ0n) is 7.50. The van der Waals surface area contributed by atoms with Crippen LogP contribution < -0.4 is 10.3 Å². The Hall–Kier alpha value is -1.29. The third-order valence-corrected chi connectivity index (χ3v) is 2.49. The van der Waals surface area contributed by atoms with Gasteiger partial charge in [0.2, 0.25) is 0 Å². The summed E-state index contributed by atoms with van der Waals surface area (Å²) in [4.78, 5) is 14.1. The van der Waals surface area contributed by atoms with Crippen molar-refractivity contribution >= 4 is 26.7 Å². The minimum absolute atomic E-state index is 0.109. The fourth-order valence-electron chi connectivity index (χ4n) is 1.40. The zero-order chi connectivity index (χ0) is 10.1. The van der Waals surface area contributed by atoms with Gasteiger partial charge in [-0.2, -0.15) is 0 Å². The highest BCUT2D eigenvalue weighted by molar-refractivity contribution is 9.10. The number of fused-ring (bicyclic) bond motifs is 1. The molecule has 0 aliphatic heterocycles. The van der Waals surface area contributed by atoms with Crippen molar-refractivity contribution in [3.8, 4) is 5.75 Å². The van der Waals surface area contributed by atoms with Gasteiger partial charge in [-0.05, 0) is 18.2 Å². The van der Waals surface area contributed by atoms with Crippen LogP contribution in [-0.2, 0) is 0 Å². The lowest BCUT2D eigenvalue weighted by Crippen LogP contribution is -2.04. The Labute approximate surface area is 88.8 Å². The fraction of sp³-hybridized carbons (Fsp3) is 0.100. The number of rotatable bonds is 1. The maximum Gasteiger partial charge on any atom is 0.255 e. The van der Waals surface area contributed by atoms with Gasteiger partial charge in [-0.3, -0.25) is 4.79 Å². The molecule has 0 unspecified atom stereocenters. The van der Waals surface area contributed by atoms with Gasteiger partial charge >= 0.3 is 0 Å². The van der Waals surface area contributed by atoms with Crippen molar-refractivity contribution in [3.63, 3.8) is 0 Å². The second-order valence-electron chi connectivity index (χ2n) is 2.88. The van der Waals surface area contributed by atoms with Gasteiger partial charge in [-0.1, -0.05) is 15.9 Å². The molecule has 0 spiro atoms. The molecule has 3 nitrogen and oxygen atoms in total. The third-order valence-electron chi connectivity index (χ3n) is 2.04. The second-order valence-corrected chi connectivity index (χ2v) is 3.79. The molecule has 1 heterocycles. The first-order chi connectivity index (χ1) is 6.72. The van der Waals surface area contributed by atoms with Crippen molar-refractivity contribution in [1.29, 1.82) is 0 Å². The Morgan fingerprint density at radius 2 is 2.14 bits per heavy atom. The normalized spacial score (nSPS) is 10.4. The van der Waals surface area contributed by atoms with Gasteiger partial charge in [0.15, 0.2) is 0 Å². The molecule has 14 heavy (non-hydrogen) atoms. The highest BCUT2D eigenvalue weighted by Crippen LogP contribution is 2.27. The number of ether oxygens (including phenoxy) is 1.